The summed E-state index contributed by atoms with van der Waals surface area (Å²) in [5.41, 5.74) is 0.266. The first-order valence-electron chi connectivity index (χ1n) is 5.42. The molecule has 1 aromatic heterocycles. The molecule has 0 saturated carbocycles. The second-order valence-corrected chi connectivity index (χ2v) is 3.77. The van der Waals surface area contributed by atoms with Crippen molar-refractivity contribution >= 4 is 11.6 Å². The van der Waals surface area contributed by atoms with Crippen LogP contribution < -0.4 is 5.32 Å². The van der Waals surface area contributed by atoms with Gasteiger partial charge in [-0.15, -0.1) is 0 Å². The molecule has 1 heterocycles. The number of carbonyl (C=O) groups excluding carboxylic acids is 1. The van der Waals surface area contributed by atoms with Crippen molar-refractivity contribution in [2.45, 2.75) is 6.61 Å². The third kappa shape index (κ3) is 3.11. The van der Waals surface area contributed by atoms with E-state index in [-0.39, 0.29) is 17.9 Å². The zero-order valence-corrected chi connectivity index (χ0v) is 9.73. The molecule has 2 rings (SSSR count). The predicted molar refractivity (Wildman–Crippen MR) is 64.5 cm³/mol. The number of hydrogen-bond donors (Lipinski definition) is 2. The normalized spacial score (nSPS) is 10.3. The molecule has 4 nitrogen and oxygen atoms in total. The van der Waals surface area contributed by atoms with Crippen LogP contribution in [0.2, 0.25) is 0 Å². The van der Waals surface area contributed by atoms with Crippen molar-refractivity contribution < 1.29 is 18.7 Å². The number of anilines is 1. The summed E-state index contributed by atoms with van der Waals surface area (Å²) in [6.07, 6.45) is 1.35. The Morgan fingerprint density at radius 3 is 2.79 bits per heavy atom. The molecule has 2 aromatic rings. The Morgan fingerprint density at radius 1 is 1.26 bits per heavy atom. The number of aromatic nitrogens is 1. The van der Waals surface area contributed by atoms with Crippen molar-refractivity contribution in [2.75, 3.05) is 5.32 Å². The highest BCUT2D eigenvalue weighted by molar-refractivity contribution is 6.04. The third-order valence-corrected chi connectivity index (χ3v) is 2.42. The van der Waals surface area contributed by atoms with E-state index in [0.29, 0.717) is 5.69 Å². The molecule has 98 valence electrons. The summed E-state index contributed by atoms with van der Waals surface area (Å²) in [6, 6.07) is 5.55. The van der Waals surface area contributed by atoms with Crippen LogP contribution in [-0.2, 0) is 6.61 Å². The van der Waals surface area contributed by atoms with E-state index >= 15 is 0 Å². The Morgan fingerprint density at radius 2 is 2.05 bits per heavy atom. The fourth-order valence-corrected chi connectivity index (χ4v) is 1.49. The van der Waals surface area contributed by atoms with E-state index in [4.69, 9.17) is 5.11 Å². The number of rotatable bonds is 3. The van der Waals surface area contributed by atoms with E-state index in [1.54, 1.807) is 0 Å². The molecule has 0 radical (unpaired) electrons. The minimum atomic E-state index is -0.730. The highest BCUT2D eigenvalue weighted by Gasteiger charge is 2.11. The number of nitrogens with zero attached hydrogens (tertiary/aromatic N) is 1. The fraction of sp³-hybridized carbons (Fsp3) is 0.0769. The lowest BCUT2D eigenvalue weighted by molar-refractivity contribution is 0.102. The van der Waals surface area contributed by atoms with Crippen molar-refractivity contribution in [2.24, 2.45) is 0 Å². The number of benzene rings is 1. The Kier molecular flexibility index (Phi) is 3.82. The van der Waals surface area contributed by atoms with Crippen molar-refractivity contribution in [1.82, 2.24) is 4.98 Å². The monoisotopic (exact) mass is 264 g/mol. The van der Waals surface area contributed by atoms with Gasteiger partial charge in [0, 0.05) is 17.8 Å². The van der Waals surface area contributed by atoms with Crippen LogP contribution in [0.3, 0.4) is 0 Å². The van der Waals surface area contributed by atoms with Gasteiger partial charge in [-0.2, -0.15) is 0 Å². The summed E-state index contributed by atoms with van der Waals surface area (Å²) in [5.74, 6) is -1.99. The zero-order valence-electron chi connectivity index (χ0n) is 9.73. The van der Waals surface area contributed by atoms with Gasteiger partial charge in [0.1, 0.15) is 11.6 Å². The van der Waals surface area contributed by atoms with Crippen LogP contribution in [-0.4, -0.2) is 16.0 Å². The number of aliphatic hydroxyl groups excluding tert-OH is 1. The number of aliphatic hydroxyl groups is 1. The summed E-state index contributed by atoms with van der Waals surface area (Å²) in [4.78, 5) is 15.7. The van der Waals surface area contributed by atoms with Crippen molar-refractivity contribution in [3.8, 4) is 0 Å². The molecule has 2 N–H and O–H groups in total. The Labute approximate surface area is 107 Å². The van der Waals surface area contributed by atoms with Crippen LogP contribution in [0.4, 0.5) is 14.5 Å². The van der Waals surface area contributed by atoms with Crippen LogP contribution in [0.25, 0.3) is 0 Å². The molecule has 0 aliphatic heterocycles. The number of carbonyl (C=O) groups is 1. The minimum absolute atomic E-state index is 0.197. The average Bonchev–Trinajstić information content (AvgIpc) is 2.43. The van der Waals surface area contributed by atoms with E-state index in [2.05, 4.69) is 10.3 Å². The molecular formula is C13H10F2N2O2. The van der Waals surface area contributed by atoms with Gasteiger partial charge in [-0.3, -0.25) is 9.78 Å². The molecule has 6 heteroatoms. The van der Waals surface area contributed by atoms with Crippen LogP contribution in [0.5, 0.6) is 0 Å². The van der Waals surface area contributed by atoms with Gasteiger partial charge in [0.2, 0.25) is 0 Å². The van der Waals surface area contributed by atoms with Crippen LogP contribution in [0.15, 0.2) is 36.5 Å². The highest BCUT2D eigenvalue weighted by atomic mass is 19.1. The molecule has 0 bridgehead atoms. The Bertz CT molecular complexity index is 617. The number of amides is 1. The molecule has 0 spiro atoms. The zero-order chi connectivity index (χ0) is 13.8. The summed E-state index contributed by atoms with van der Waals surface area (Å²) in [5, 5.41) is 11.2. The molecule has 0 unspecified atom stereocenters. The predicted octanol–water partition coefficient (Wildman–Crippen LogP) is 2.10. The second kappa shape index (κ2) is 5.53. The quantitative estimate of drug-likeness (QED) is 0.892. The standard InChI is InChI=1S/C13H10F2N2O2/c14-9-1-2-11(15)12(6-9)17-13(19)8-3-4-16-10(5-8)7-18/h1-6,18H,7H2,(H,17,19). The summed E-state index contributed by atoms with van der Waals surface area (Å²) >= 11 is 0. The maximum absolute atomic E-state index is 13.4. The molecule has 0 atom stereocenters. The SMILES string of the molecule is O=C(Nc1cc(F)ccc1F)c1ccnc(CO)c1. The first-order chi connectivity index (χ1) is 9.10. The molecule has 19 heavy (non-hydrogen) atoms. The number of halogens is 2. The van der Waals surface area contributed by atoms with Crippen LogP contribution in [0, 0.1) is 11.6 Å². The van der Waals surface area contributed by atoms with E-state index < -0.39 is 17.5 Å². The molecular weight excluding hydrogens is 254 g/mol. The van der Waals surface area contributed by atoms with E-state index in [1.807, 2.05) is 0 Å². The van der Waals surface area contributed by atoms with Gasteiger partial charge in [-0.25, -0.2) is 8.78 Å². The van der Waals surface area contributed by atoms with Crippen molar-refractivity contribution in [3.63, 3.8) is 0 Å². The molecule has 0 fully saturated rings. The molecule has 1 amide bonds. The first-order valence-corrected chi connectivity index (χ1v) is 5.42. The number of pyridine rings is 1. The molecule has 1 aromatic carbocycles. The van der Waals surface area contributed by atoms with Gasteiger partial charge in [-0.1, -0.05) is 0 Å². The fourth-order valence-electron chi connectivity index (χ4n) is 1.49. The topological polar surface area (TPSA) is 62.2 Å². The highest BCUT2D eigenvalue weighted by Crippen LogP contribution is 2.16. The van der Waals surface area contributed by atoms with Gasteiger partial charge in [0.25, 0.3) is 5.91 Å². The van der Waals surface area contributed by atoms with E-state index in [0.717, 1.165) is 18.2 Å². The van der Waals surface area contributed by atoms with Gasteiger partial charge in [-0.05, 0) is 24.3 Å². The lowest BCUT2D eigenvalue weighted by Crippen LogP contribution is -2.13. The van der Waals surface area contributed by atoms with Crippen molar-refractivity contribution in [3.05, 3.63) is 59.4 Å². The maximum Gasteiger partial charge on any atom is 0.255 e. The smallest absolute Gasteiger partial charge is 0.255 e. The summed E-state index contributed by atoms with van der Waals surface area (Å²) in [6.45, 7) is -0.310. The molecule has 0 aliphatic rings. The largest absolute Gasteiger partial charge is 0.390 e. The maximum atomic E-state index is 13.4. The summed E-state index contributed by atoms with van der Waals surface area (Å²) < 4.78 is 26.3. The van der Waals surface area contributed by atoms with Crippen LogP contribution >= 0.6 is 0 Å². The lowest BCUT2D eigenvalue weighted by atomic mass is 10.2. The number of hydrogen-bond acceptors (Lipinski definition) is 3. The van der Waals surface area contributed by atoms with E-state index in [1.165, 1.54) is 18.3 Å². The molecule has 0 aliphatic carbocycles. The average molecular weight is 264 g/mol. The van der Waals surface area contributed by atoms with Gasteiger partial charge < -0.3 is 10.4 Å². The second-order valence-electron chi connectivity index (χ2n) is 3.77. The van der Waals surface area contributed by atoms with Gasteiger partial charge in [0.15, 0.2) is 0 Å². The van der Waals surface area contributed by atoms with E-state index in [9.17, 15) is 13.6 Å². The van der Waals surface area contributed by atoms with Gasteiger partial charge in [0.05, 0.1) is 18.0 Å². The summed E-state index contributed by atoms with van der Waals surface area (Å²) in [7, 11) is 0. The van der Waals surface area contributed by atoms with Crippen LogP contribution in [0.1, 0.15) is 16.1 Å². The lowest BCUT2D eigenvalue weighted by Gasteiger charge is -2.07. The Hall–Kier alpha value is -2.34. The third-order valence-electron chi connectivity index (χ3n) is 2.42. The first kappa shape index (κ1) is 13.1. The Balaban J connectivity index is 2.22. The van der Waals surface area contributed by atoms with Crippen molar-refractivity contribution in [1.29, 1.82) is 0 Å². The minimum Gasteiger partial charge on any atom is -0.390 e. The molecule has 0 saturated heterocycles. The van der Waals surface area contributed by atoms with Gasteiger partial charge >= 0.3 is 0 Å². The number of nitrogens with one attached hydrogen (secondary N) is 1.